The van der Waals surface area contributed by atoms with Crippen LogP contribution in [0.5, 0.6) is 5.75 Å². The van der Waals surface area contributed by atoms with Crippen LogP contribution >= 0.6 is 11.6 Å². The summed E-state index contributed by atoms with van der Waals surface area (Å²) >= 11 is 5.92. The molecule has 1 aromatic rings. The molecule has 128 valence electrons. The van der Waals surface area contributed by atoms with Gasteiger partial charge >= 0.3 is 0 Å². The molecule has 1 aromatic carbocycles. The van der Waals surface area contributed by atoms with Crippen molar-refractivity contribution < 1.29 is 9.53 Å². The molecule has 1 aliphatic rings. The normalized spacial score (nSPS) is 21.2. The zero-order chi connectivity index (χ0) is 16.7. The summed E-state index contributed by atoms with van der Waals surface area (Å²) in [4.78, 5) is 14.1. The first-order valence-electron chi connectivity index (χ1n) is 8.41. The Balaban J connectivity index is 1.65. The molecule has 4 nitrogen and oxygen atoms in total. The Hall–Kier alpha value is -1.26. The molecular formula is C18H27ClN2O2. The second-order valence-electron chi connectivity index (χ2n) is 6.48. The summed E-state index contributed by atoms with van der Waals surface area (Å²) in [7, 11) is 1.94. The molecule has 23 heavy (non-hydrogen) atoms. The Bertz CT molecular complexity index is 510. The lowest BCUT2D eigenvalue weighted by Gasteiger charge is -2.30. The summed E-state index contributed by atoms with van der Waals surface area (Å²) in [5.74, 6) is 1.45. The maximum atomic E-state index is 12.1. The fraction of sp³-hybridized carbons (Fsp3) is 0.611. The molecule has 1 saturated carbocycles. The van der Waals surface area contributed by atoms with E-state index in [-0.39, 0.29) is 5.91 Å². The van der Waals surface area contributed by atoms with Crippen molar-refractivity contribution in [2.75, 3.05) is 26.7 Å². The van der Waals surface area contributed by atoms with Crippen LogP contribution in [0.1, 0.15) is 32.6 Å². The molecule has 0 saturated heterocycles. The lowest BCUT2D eigenvalue weighted by molar-refractivity contribution is -0.123. The molecule has 0 aliphatic heterocycles. The van der Waals surface area contributed by atoms with Crippen LogP contribution < -0.4 is 10.1 Å². The van der Waals surface area contributed by atoms with Crippen LogP contribution in [0.4, 0.5) is 0 Å². The predicted molar refractivity (Wildman–Crippen MR) is 94.0 cm³/mol. The van der Waals surface area contributed by atoms with Crippen molar-refractivity contribution in [2.45, 2.75) is 38.6 Å². The van der Waals surface area contributed by atoms with Gasteiger partial charge in [0.25, 0.3) is 0 Å². The van der Waals surface area contributed by atoms with Gasteiger partial charge in [-0.1, -0.05) is 37.4 Å². The van der Waals surface area contributed by atoms with E-state index >= 15 is 0 Å². The van der Waals surface area contributed by atoms with Gasteiger partial charge in [-0.05, 0) is 44.0 Å². The van der Waals surface area contributed by atoms with E-state index in [1.165, 1.54) is 19.3 Å². The average Bonchev–Trinajstić information content (AvgIpc) is 2.49. The first-order chi connectivity index (χ1) is 11.0. The third-order valence-electron chi connectivity index (χ3n) is 4.41. The van der Waals surface area contributed by atoms with Crippen molar-refractivity contribution in [3.63, 3.8) is 0 Å². The number of carbonyl (C=O) groups excluding carboxylic acids is 1. The Kier molecular flexibility index (Phi) is 7.18. The second kappa shape index (κ2) is 9.14. The molecule has 2 unspecified atom stereocenters. The van der Waals surface area contributed by atoms with Crippen LogP contribution in [0, 0.1) is 5.92 Å². The third-order valence-corrected chi connectivity index (χ3v) is 4.64. The molecule has 0 heterocycles. The highest BCUT2D eigenvalue weighted by molar-refractivity contribution is 6.30. The van der Waals surface area contributed by atoms with E-state index in [0.29, 0.717) is 36.7 Å². The Morgan fingerprint density at radius 1 is 1.39 bits per heavy atom. The monoisotopic (exact) mass is 338 g/mol. The van der Waals surface area contributed by atoms with Gasteiger partial charge in [0.15, 0.2) is 0 Å². The molecule has 0 bridgehead atoms. The molecule has 1 fully saturated rings. The van der Waals surface area contributed by atoms with Gasteiger partial charge in [0.1, 0.15) is 12.4 Å². The number of halogens is 1. The van der Waals surface area contributed by atoms with Gasteiger partial charge in [-0.2, -0.15) is 0 Å². The Labute approximate surface area is 144 Å². The van der Waals surface area contributed by atoms with E-state index in [2.05, 4.69) is 12.2 Å². The number of benzene rings is 1. The molecule has 2 atom stereocenters. The molecule has 0 spiro atoms. The highest BCUT2D eigenvalue weighted by atomic mass is 35.5. The molecular weight excluding hydrogens is 312 g/mol. The number of hydrogen-bond acceptors (Lipinski definition) is 3. The van der Waals surface area contributed by atoms with Gasteiger partial charge < -0.3 is 10.1 Å². The van der Waals surface area contributed by atoms with E-state index in [1.54, 1.807) is 6.07 Å². The molecule has 5 heteroatoms. The highest BCUT2D eigenvalue weighted by Crippen LogP contribution is 2.23. The van der Waals surface area contributed by atoms with Crippen molar-refractivity contribution in [2.24, 2.45) is 5.92 Å². The molecule has 0 aromatic heterocycles. The Morgan fingerprint density at radius 2 is 2.17 bits per heavy atom. The zero-order valence-electron chi connectivity index (χ0n) is 14.1. The third kappa shape index (κ3) is 6.40. The van der Waals surface area contributed by atoms with Crippen molar-refractivity contribution in [1.29, 1.82) is 0 Å². The number of likely N-dealkylation sites (N-methyl/N-ethyl adjacent to an activating group) is 1. The summed E-state index contributed by atoms with van der Waals surface area (Å²) < 4.78 is 5.65. The zero-order valence-corrected chi connectivity index (χ0v) is 14.8. The minimum atomic E-state index is 0.106. The van der Waals surface area contributed by atoms with Crippen LogP contribution in [0.25, 0.3) is 0 Å². The smallest absolute Gasteiger partial charge is 0.234 e. The van der Waals surface area contributed by atoms with Crippen LogP contribution in [0.3, 0.4) is 0 Å². The largest absolute Gasteiger partial charge is 0.492 e. The summed E-state index contributed by atoms with van der Waals surface area (Å²) in [6, 6.07) is 7.69. The highest BCUT2D eigenvalue weighted by Gasteiger charge is 2.22. The fourth-order valence-corrected chi connectivity index (χ4v) is 3.16. The van der Waals surface area contributed by atoms with Gasteiger partial charge in [-0.15, -0.1) is 0 Å². The van der Waals surface area contributed by atoms with E-state index in [9.17, 15) is 4.79 Å². The molecule has 1 aliphatic carbocycles. The lowest BCUT2D eigenvalue weighted by Crippen LogP contribution is -2.45. The van der Waals surface area contributed by atoms with Gasteiger partial charge in [0.05, 0.1) is 6.54 Å². The fourth-order valence-electron chi connectivity index (χ4n) is 2.98. The van der Waals surface area contributed by atoms with Crippen molar-refractivity contribution >= 4 is 17.5 Å². The number of ether oxygens (including phenoxy) is 1. The maximum absolute atomic E-state index is 12.1. The SMILES string of the molecule is CC1CCCCC1NC(=O)CN(C)CCOc1cccc(Cl)c1. The summed E-state index contributed by atoms with van der Waals surface area (Å²) in [5.41, 5.74) is 0. The van der Waals surface area contributed by atoms with Crippen LogP contribution in [0.15, 0.2) is 24.3 Å². The predicted octanol–water partition coefficient (Wildman–Crippen LogP) is 3.35. The number of amides is 1. The molecule has 1 N–H and O–H groups in total. The first-order valence-corrected chi connectivity index (χ1v) is 8.78. The van der Waals surface area contributed by atoms with Crippen LogP contribution in [-0.4, -0.2) is 43.6 Å². The summed E-state index contributed by atoms with van der Waals surface area (Å²) in [6.07, 6.45) is 4.83. The number of nitrogens with zero attached hydrogens (tertiary/aromatic N) is 1. The first kappa shape index (κ1) is 18.1. The molecule has 2 rings (SSSR count). The number of rotatable bonds is 7. The number of nitrogens with one attached hydrogen (secondary N) is 1. The topological polar surface area (TPSA) is 41.6 Å². The van der Waals surface area contributed by atoms with Gasteiger partial charge in [0.2, 0.25) is 5.91 Å². The average molecular weight is 339 g/mol. The standard InChI is InChI=1S/C18H27ClN2O2/c1-14-6-3-4-9-17(14)20-18(22)13-21(2)10-11-23-16-8-5-7-15(19)12-16/h5,7-8,12,14,17H,3-4,6,9-11,13H2,1-2H3,(H,20,22). The van der Waals surface area contributed by atoms with E-state index in [0.717, 1.165) is 12.2 Å². The van der Waals surface area contributed by atoms with Gasteiger partial charge in [-0.25, -0.2) is 0 Å². The summed E-state index contributed by atoms with van der Waals surface area (Å²) in [6.45, 7) is 3.86. The number of hydrogen-bond donors (Lipinski definition) is 1. The van der Waals surface area contributed by atoms with Crippen molar-refractivity contribution in [1.82, 2.24) is 10.2 Å². The minimum Gasteiger partial charge on any atom is -0.492 e. The number of carbonyl (C=O) groups is 1. The van der Waals surface area contributed by atoms with Gasteiger partial charge in [-0.3, -0.25) is 9.69 Å². The molecule has 1 amide bonds. The van der Waals surface area contributed by atoms with Crippen LogP contribution in [0.2, 0.25) is 5.02 Å². The second-order valence-corrected chi connectivity index (χ2v) is 6.92. The Morgan fingerprint density at radius 3 is 2.91 bits per heavy atom. The van der Waals surface area contributed by atoms with Crippen molar-refractivity contribution in [3.05, 3.63) is 29.3 Å². The van der Waals surface area contributed by atoms with Gasteiger partial charge in [0, 0.05) is 17.6 Å². The molecule has 0 radical (unpaired) electrons. The van der Waals surface area contributed by atoms with E-state index in [4.69, 9.17) is 16.3 Å². The van der Waals surface area contributed by atoms with Crippen molar-refractivity contribution in [3.8, 4) is 5.75 Å². The lowest BCUT2D eigenvalue weighted by atomic mass is 9.86. The minimum absolute atomic E-state index is 0.106. The van der Waals surface area contributed by atoms with E-state index in [1.807, 2.05) is 30.1 Å². The summed E-state index contributed by atoms with van der Waals surface area (Å²) in [5, 5.41) is 3.84. The maximum Gasteiger partial charge on any atom is 0.234 e. The van der Waals surface area contributed by atoms with Crippen LogP contribution in [-0.2, 0) is 4.79 Å². The van der Waals surface area contributed by atoms with E-state index < -0.39 is 0 Å². The quantitative estimate of drug-likeness (QED) is 0.829.